The summed E-state index contributed by atoms with van der Waals surface area (Å²) in [7, 11) is 1.74. The van der Waals surface area contributed by atoms with Gasteiger partial charge in [0.05, 0.1) is 17.0 Å². The van der Waals surface area contributed by atoms with Gasteiger partial charge in [0.25, 0.3) is 0 Å². The molecule has 1 aromatic heterocycles. The summed E-state index contributed by atoms with van der Waals surface area (Å²) >= 11 is 1.08. The van der Waals surface area contributed by atoms with Crippen molar-refractivity contribution in [3.8, 4) is 5.75 Å². The molecule has 0 unspecified atom stereocenters. The number of aromatic nitrogens is 3. The highest BCUT2D eigenvalue weighted by atomic mass is 32.2. The lowest BCUT2D eigenvalue weighted by Gasteiger charge is -2.13. The first-order valence-electron chi connectivity index (χ1n) is 9.33. The lowest BCUT2D eigenvalue weighted by atomic mass is 10.1. The number of hydrogen-bond donors (Lipinski definition) is 1. The summed E-state index contributed by atoms with van der Waals surface area (Å²) < 4.78 is 46.7. The zero-order chi connectivity index (χ0) is 22.6. The molecule has 2 aromatic carbocycles. The number of carbonyl (C=O) groups is 1. The van der Waals surface area contributed by atoms with Crippen LogP contribution in [-0.2, 0) is 24.6 Å². The number of benzene rings is 2. The second kappa shape index (κ2) is 9.42. The van der Waals surface area contributed by atoms with E-state index < -0.39 is 17.6 Å². The molecule has 0 spiro atoms. The van der Waals surface area contributed by atoms with Crippen LogP contribution in [0.1, 0.15) is 22.5 Å². The third-order valence-corrected chi connectivity index (χ3v) is 5.70. The number of rotatable bonds is 7. The summed E-state index contributed by atoms with van der Waals surface area (Å²) in [6.07, 6.45) is -4.55. The number of nitrogens with zero attached hydrogens (tertiary/aromatic N) is 3. The SMILES string of the molecule is Cc1cccc(OCc2nnc(SCC(=O)Nc3ccccc3C(F)(F)F)n2C)c1C. The minimum atomic E-state index is -4.55. The zero-order valence-electron chi connectivity index (χ0n) is 17.2. The van der Waals surface area contributed by atoms with Crippen LogP contribution in [0, 0.1) is 13.8 Å². The third-order valence-electron chi connectivity index (χ3n) is 4.68. The molecular formula is C21H21F3N4O2S. The van der Waals surface area contributed by atoms with Crippen molar-refractivity contribution in [2.24, 2.45) is 7.05 Å². The number of ether oxygens (including phenoxy) is 1. The molecule has 0 aliphatic carbocycles. The summed E-state index contributed by atoms with van der Waals surface area (Å²) in [4.78, 5) is 12.2. The second-order valence-electron chi connectivity index (χ2n) is 6.82. The first-order valence-corrected chi connectivity index (χ1v) is 10.3. The van der Waals surface area contributed by atoms with Crippen molar-refractivity contribution in [1.82, 2.24) is 14.8 Å². The van der Waals surface area contributed by atoms with Gasteiger partial charge in [-0.1, -0.05) is 36.0 Å². The number of alkyl halides is 3. The molecule has 164 valence electrons. The summed E-state index contributed by atoms with van der Waals surface area (Å²) in [5.41, 5.74) is 0.985. The van der Waals surface area contributed by atoms with Gasteiger partial charge < -0.3 is 14.6 Å². The number of nitrogens with one attached hydrogen (secondary N) is 1. The van der Waals surface area contributed by atoms with Crippen LogP contribution in [0.4, 0.5) is 18.9 Å². The average Bonchev–Trinajstić information content (AvgIpc) is 3.07. The van der Waals surface area contributed by atoms with Gasteiger partial charge in [0, 0.05) is 7.05 Å². The Morgan fingerprint density at radius 1 is 1.13 bits per heavy atom. The highest BCUT2D eigenvalue weighted by Gasteiger charge is 2.33. The molecule has 0 saturated carbocycles. The molecule has 1 amide bonds. The van der Waals surface area contributed by atoms with Gasteiger partial charge in [-0.05, 0) is 43.2 Å². The van der Waals surface area contributed by atoms with Gasteiger partial charge >= 0.3 is 6.18 Å². The molecule has 0 aliphatic rings. The molecule has 0 saturated heterocycles. The molecule has 1 heterocycles. The van der Waals surface area contributed by atoms with Crippen LogP contribution in [0.2, 0.25) is 0 Å². The molecule has 0 aliphatic heterocycles. The average molecular weight is 450 g/mol. The molecule has 1 N–H and O–H groups in total. The van der Waals surface area contributed by atoms with Crippen molar-refractivity contribution >= 4 is 23.4 Å². The highest BCUT2D eigenvalue weighted by Crippen LogP contribution is 2.34. The monoisotopic (exact) mass is 450 g/mol. The number of anilines is 1. The van der Waals surface area contributed by atoms with E-state index in [4.69, 9.17) is 4.74 Å². The van der Waals surface area contributed by atoms with E-state index in [2.05, 4.69) is 15.5 Å². The summed E-state index contributed by atoms with van der Waals surface area (Å²) in [6.45, 7) is 4.16. The van der Waals surface area contributed by atoms with Crippen molar-refractivity contribution in [3.05, 3.63) is 65.0 Å². The minimum Gasteiger partial charge on any atom is -0.485 e. The second-order valence-corrected chi connectivity index (χ2v) is 7.77. The van der Waals surface area contributed by atoms with Gasteiger partial charge in [-0.2, -0.15) is 13.2 Å². The molecule has 0 bridgehead atoms. The summed E-state index contributed by atoms with van der Waals surface area (Å²) in [5, 5.41) is 10.9. The van der Waals surface area contributed by atoms with Crippen LogP contribution >= 0.6 is 11.8 Å². The Labute approximate surface area is 181 Å². The fraction of sp³-hybridized carbons (Fsp3) is 0.286. The smallest absolute Gasteiger partial charge is 0.418 e. The normalized spacial score (nSPS) is 11.4. The quantitative estimate of drug-likeness (QED) is 0.526. The number of amides is 1. The Hall–Kier alpha value is -3.01. The van der Waals surface area contributed by atoms with Crippen molar-refractivity contribution in [2.75, 3.05) is 11.1 Å². The lowest BCUT2D eigenvalue weighted by Crippen LogP contribution is -2.18. The number of carbonyl (C=O) groups excluding carboxylic acids is 1. The molecule has 0 fully saturated rings. The first-order chi connectivity index (χ1) is 14.7. The topological polar surface area (TPSA) is 69.0 Å². The van der Waals surface area contributed by atoms with Crippen molar-refractivity contribution in [1.29, 1.82) is 0 Å². The number of hydrogen-bond acceptors (Lipinski definition) is 5. The molecule has 10 heteroatoms. The molecular weight excluding hydrogens is 429 g/mol. The number of thioether (sulfide) groups is 1. The third kappa shape index (κ3) is 5.57. The molecule has 3 aromatic rings. The summed E-state index contributed by atoms with van der Waals surface area (Å²) in [5.74, 6) is 0.625. The summed E-state index contributed by atoms with van der Waals surface area (Å²) in [6, 6.07) is 10.6. The van der Waals surface area contributed by atoms with Crippen molar-refractivity contribution in [3.63, 3.8) is 0 Å². The van der Waals surface area contributed by atoms with Gasteiger partial charge in [-0.3, -0.25) is 4.79 Å². The van der Waals surface area contributed by atoms with E-state index in [0.717, 1.165) is 34.7 Å². The standard InChI is InChI=1S/C21H21F3N4O2S/c1-13-7-6-10-17(14(13)2)30-11-18-26-27-20(28(18)3)31-12-19(29)25-16-9-5-4-8-15(16)21(22,23)24/h4-10H,11-12H2,1-3H3,(H,25,29). The van der Waals surface area contributed by atoms with Crippen LogP contribution in [0.15, 0.2) is 47.6 Å². The van der Waals surface area contributed by atoms with Crippen LogP contribution < -0.4 is 10.1 Å². The van der Waals surface area contributed by atoms with E-state index >= 15 is 0 Å². The van der Waals surface area contributed by atoms with Crippen molar-refractivity contribution in [2.45, 2.75) is 31.8 Å². The Bertz CT molecular complexity index is 1080. The maximum atomic E-state index is 13.1. The van der Waals surface area contributed by atoms with Crippen LogP contribution in [0.25, 0.3) is 0 Å². The maximum Gasteiger partial charge on any atom is 0.418 e. The number of halogens is 3. The van der Waals surface area contributed by atoms with Crippen LogP contribution in [-0.4, -0.2) is 26.4 Å². The maximum absolute atomic E-state index is 13.1. The van der Waals surface area contributed by atoms with E-state index in [1.165, 1.54) is 18.2 Å². The highest BCUT2D eigenvalue weighted by molar-refractivity contribution is 7.99. The molecule has 0 atom stereocenters. The lowest BCUT2D eigenvalue weighted by molar-refractivity contribution is -0.137. The van der Waals surface area contributed by atoms with Gasteiger partial charge in [0.15, 0.2) is 11.0 Å². The zero-order valence-corrected chi connectivity index (χ0v) is 18.0. The van der Waals surface area contributed by atoms with Crippen LogP contribution in [0.5, 0.6) is 5.75 Å². The Morgan fingerprint density at radius 2 is 1.87 bits per heavy atom. The first kappa shape index (κ1) is 22.7. The molecule has 3 rings (SSSR count). The fourth-order valence-electron chi connectivity index (χ4n) is 2.77. The predicted molar refractivity (Wildman–Crippen MR) is 112 cm³/mol. The fourth-order valence-corrected chi connectivity index (χ4v) is 3.50. The molecule has 31 heavy (non-hydrogen) atoms. The van der Waals surface area contributed by atoms with Gasteiger partial charge in [-0.15, -0.1) is 10.2 Å². The van der Waals surface area contributed by atoms with E-state index in [1.807, 2.05) is 32.0 Å². The van der Waals surface area contributed by atoms with Gasteiger partial charge in [0.2, 0.25) is 5.91 Å². The van der Waals surface area contributed by atoms with E-state index in [9.17, 15) is 18.0 Å². The van der Waals surface area contributed by atoms with Crippen LogP contribution in [0.3, 0.4) is 0 Å². The largest absolute Gasteiger partial charge is 0.485 e. The Kier molecular flexibility index (Phi) is 6.89. The van der Waals surface area contributed by atoms with Gasteiger partial charge in [0.1, 0.15) is 12.4 Å². The molecule has 6 nitrogen and oxygen atoms in total. The molecule has 0 radical (unpaired) electrons. The Morgan fingerprint density at radius 3 is 2.61 bits per heavy atom. The minimum absolute atomic E-state index is 0.115. The van der Waals surface area contributed by atoms with E-state index in [1.54, 1.807) is 11.6 Å². The predicted octanol–water partition coefficient (Wildman–Crippen LogP) is 4.76. The van der Waals surface area contributed by atoms with Gasteiger partial charge in [-0.25, -0.2) is 0 Å². The van der Waals surface area contributed by atoms with E-state index in [-0.39, 0.29) is 18.0 Å². The Balaban J connectivity index is 1.59. The number of para-hydroxylation sites is 1. The number of aryl methyl sites for hydroxylation is 1. The van der Waals surface area contributed by atoms with Crippen molar-refractivity contribution < 1.29 is 22.7 Å². The van der Waals surface area contributed by atoms with E-state index in [0.29, 0.717) is 11.0 Å².